The Balaban J connectivity index is 1.79. The fourth-order valence-corrected chi connectivity index (χ4v) is 2.87. The number of amides is 1. The highest BCUT2D eigenvalue weighted by atomic mass is 79.9. The number of carbonyl (C=O) groups excluding carboxylic acids is 1. The molecule has 1 saturated carbocycles. The van der Waals surface area contributed by atoms with E-state index in [0.29, 0.717) is 6.61 Å². The van der Waals surface area contributed by atoms with E-state index < -0.39 is 23.1 Å². The first-order valence-electron chi connectivity index (χ1n) is 7.12. The number of carbonyl (C=O) groups is 1. The molecule has 0 heterocycles. The average molecular weight is 362 g/mol. The zero-order valence-electron chi connectivity index (χ0n) is 11.6. The van der Waals surface area contributed by atoms with Crippen molar-refractivity contribution in [2.75, 3.05) is 13.2 Å². The Morgan fingerprint density at radius 2 is 1.86 bits per heavy atom. The molecule has 0 aromatic heterocycles. The molecule has 1 aliphatic carbocycles. The summed E-state index contributed by atoms with van der Waals surface area (Å²) < 4.78 is 33.1. The van der Waals surface area contributed by atoms with E-state index in [1.54, 1.807) is 0 Å². The Bertz CT molecular complexity index is 481. The summed E-state index contributed by atoms with van der Waals surface area (Å²) in [4.78, 5) is 11.8. The van der Waals surface area contributed by atoms with Crippen LogP contribution in [0.15, 0.2) is 16.6 Å². The van der Waals surface area contributed by atoms with Gasteiger partial charge in [-0.1, -0.05) is 35.2 Å². The summed E-state index contributed by atoms with van der Waals surface area (Å²) in [5.41, 5.74) is -0.559. The Hall–Kier alpha value is -1.01. The molecule has 1 fully saturated rings. The predicted molar refractivity (Wildman–Crippen MR) is 79.2 cm³/mol. The molecule has 0 unspecified atom stereocenters. The van der Waals surface area contributed by atoms with E-state index in [9.17, 15) is 13.6 Å². The van der Waals surface area contributed by atoms with E-state index in [4.69, 9.17) is 4.74 Å². The number of hydrogen-bond acceptors (Lipinski definition) is 2. The molecule has 1 aliphatic rings. The van der Waals surface area contributed by atoms with Crippen LogP contribution in [0.4, 0.5) is 8.78 Å². The highest BCUT2D eigenvalue weighted by Gasteiger charge is 2.18. The molecule has 3 nitrogen and oxygen atoms in total. The molecule has 116 valence electrons. The number of nitrogens with one attached hydrogen (secondary N) is 1. The van der Waals surface area contributed by atoms with Crippen LogP contribution < -0.4 is 5.32 Å². The van der Waals surface area contributed by atoms with Crippen LogP contribution in [0.5, 0.6) is 0 Å². The summed E-state index contributed by atoms with van der Waals surface area (Å²) >= 11 is 2.97. The predicted octanol–water partition coefficient (Wildman–Crippen LogP) is 3.81. The van der Waals surface area contributed by atoms with E-state index in [2.05, 4.69) is 21.2 Å². The summed E-state index contributed by atoms with van der Waals surface area (Å²) in [6, 6.07) is 2.13. The van der Waals surface area contributed by atoms with Crippen LogP contribution >= 0.6 is 15.9 Å². The second-order valence-corrected chi connectivity index (χ2v) is 6.05. The van der Waals surface area contributed by atoms with Gasteiger partial charge in [-0.05, 0) is 25.0 Å². The van der Waals surface area contributed by atoms with Crippen molar-refractivity contribution in [2.45, 2.75) is 38.2 Å². The van der Waals surface area contributed by atoms with Crippen LogP contribution in [0.25, 0.3) is 0 Å². The van der Waals surface area contributed by atoms with Gasteiger partial charge in [0.2, 0.25) is 0 Å². The minimum atomic E-state index is -0.882. The van der Waals surface area contributed by atoms with Gasteiger partial charge >= 0.3 is 0 Å². The molecule has 1 amide bonds. The summed E-state index contributed by atoms with van der Waals surface area (Å²) in [6.07, 6.45) is 5.93. The fourth-order valence-electron chi connectivity index (χ4n) is 2.47. The van der Waals surface area contributed by atoms with Gasteiger partial charge in [0.05, 0.1) is 12.7 Å². The van der Waals surface area contributed by atoms with Crippen molar-refractivity contribution in [1.82, 2.24) is 5.32 Å². The first-order valence-corrected chi connectivity index (χ1v) is 7.91. The van der Waals surface area contributed by atoms with Gasteiger partial charge in [0.25, 0.3) is 5.91 Å². The van der Waals surface area contributed by atoms with E-state index >= 15 is 0 Å². The lowest BCUT2D eigenvalue weighted by Crippen LogP contribution is -2.30. The molecule has 0 saturated heterocycles. The molecular formula is C15H18BrF2NO2. The lowest BCUT2D eigenvalue weighted by molar-refractivity contribution is 0.0299. The van der Waals surface area contributed by atoms with Gasteiger partial charge in [0.1, 0.15) is 17.2 Å². The summed E-state index contributed by atoms with van der Waals surface area (Å²) in [7, 11) is 0. The molecule has 1 aromatic rings. The topological polar surface area (TPSA) is 38.3 Å². The van der Waals surface area contributed by atoms with Crippen molar-refractivity contribution in [2.24, 2.45) is 0 Å². The normalized spacial score (nSPS) is 16.0. The first kappa shape index (κ1) is 16.4. The molecule has 6 heteroatoms. The number of ether oxygens (including phenoxy) is 1. The molecule has 2 rings (SSSR count). The van der Waals surface area contributed by atoms with E-state index in [0.717, 1.165) is 25.0 Å². The quantitative estimate of drug-likeness (QED) is 0.809. The summed E-state index contributed by atoms with van der Waals surface area (Å²) in [6.45, 7) is 0.598. The molecule has 1 N–H and O–H groups in total. The van der Waals surface area contributed by atoms with Gasteiger partial charge in [0.15, 0.2) is 0 Å². The molecule has 0 radical (unpaired) electrons. The highest BCUT2D eigenvalue weighted by Crippen LogP contribution is 2.20. The largest absolute Gasteiger partial charge is 0.376 e. The first-order chi connectivity index (χ1) is 10.1. The number of halogens is 3. The maximum Gasteiger partial charge on any atom is 0.257 e. The molecule has 0 bridgehead atoms. The van der Waals surface area contributed by atoms with Gasteiger partial charge in [-0.3, -0.25) is 4.79 Å². The zero-order chi connectivity index (χ0) is 15.2. The van der Waals surface area contributed by atoms with Gasteiger partial charge < -0.3 is 10.1 Å². The minimum Gasteiger partial charge on any atom is -0.376 e. The maximum absolute atomic E-state index is 13.6. The van der Waals surface area contributed by atoms with E-state index in [-0.39, 0.29) is 17.1 Å². The Morgan fingerprint density at radius 1 is 1.24 bits per heavy atom. The molecule has 21 heavy (non-hydrogen) atoms. The smallest absolute Gasteiger partial charge is 0.257 e. The zero-order valence-corrected chi connectivity index (χ0v) is 13.2. The van der Waals surface area contributed by atoms with Crippen LogP contribution in [0.1, 0.15) is 42.5 Å². The minimum absolute atomic E-state index is 0.240. The third-order valence-electron chi connectivity index (χ3n) is 3.53. The molecule has 0 atom stereocenters. The van der Waals surface area contributed by atoms with E-state index in [1.165, 1.54) is 19.3 Å². The van der Waals surface area contributed by atoms with Crippen LogP contribution in [-0.2, 0) is 4.74 Å². The second-order valence-electron chi connectivity index (χ2n) is 5.13. The van der Waals surface area contributed by atoms with Gasteiger partial charge in [-0.25, -0.2) is 8.78 Å². The van der Waals surface area contributed by atoms with E-state index in [1.807, 2.05) is 0 Å². The number of benzene rings is 1. The van der Waals surface area contributed by atoms with Crippen LogP contribution in [0.3, 0.4) is 0 Å². The third-order valence-corrected chi connectivity index (χ3v) is 3.99. The van der Waals surface area contributed by atoms with Crippen LogP contribution in [-0.4, -0.2) is 25.2 Å². The number of hydrogen-bond donors (Lipinski definition) is 1. The molecular weight excluding hydrogens is 344 g/mol. The third kappa shape index (κ3) is 4.74. The van der Waals surface area contributed by atoms with Crippen molar-refractivity contribution >= 4 is 21.8 Å². The van der Waals surface area contributed by atoms with Crippen molar-refractivity contribution < 1.29 is 18.3 Å². The Morgan fingerprint density at radius 3 is 2.48 bits per heavy atom. The van der Waals surface area contributed by atoms with Gasteiger partial charge in [0, 0.05) is 11.0 Å². The summed E-state index contributed by atoms with van der Waals surface area (Å²) in [5, 5.41) is 2.48. The van der Waals surface area contributed by atoms with Crippen molar-refractivity contribution in [3.63, 3.8) is 0 Å². The standard InChI is InChI=1S/C15H18BrF2NO2/c16-10-8-12(17)14(13(18)9-10)15(20)19-6-7-21-11-4-2-1-3-5-11/h8-9,11H,1-7H2,(H,19,20). The van der Waals surface area contributed by atoms with Crippen molar-refractivity contribution in [3.8, 4) is 0 Å². The van der Waals surface area contributed by atoms with Crippen LogP contribution in [0.2, 0.25) is 0 Å². The Labute approximate surface area is 131 Å². The lowest BCUT2D eigenvalue weighted by Gasteiger charge is -2.22. The van der Waals surface area contributed by atoms with Crippen molar-refractivity contribution in [1.29, 1.82) is 0 Å². The maximum atomic E-state index is 13.6. The van der Waals surface area contributed by atoms with Gasteiger partial charge in [-0.15, -0.1) is 0 Å². The molecule has 0 aliphatic heterocycles. The monoisotopic (exact) mass is 361 g/mol. The molecule has 0 spiro atoms. The highest BCUT2D eigenvalue weighted by molar-refractivity contribution is 9.10. The fraction of sp³-hybridized carbons (Fsp3) is 0.533. The Kier molecular flexibility index (Phi) is 6.11. The number of rotatable bonds is 5. The SMILES string of the molecule is O=C(NCCOC1CCCCC1)c1c(F)cc(Br)cc1F. The lowest BCUT2D eigenvalue weighted by atomic mass is 9.98. The van der Waals surface area contributed by atoms with Gasteiger partial charge in [-0.2, -0.15) is 0 Å². The average Bonchev–Trinajstić information content (AvgIpc) is 2.43. The van der Waals surface area contributed by atoms with Crippen LogP contribution in [0, 0.1) is 11.6 Å². The second kappa shape index (κ2) is 7.84. The van der Waals surface area contributed by atoms with Crippen molar-refractivity contribution in [3.05, 3.63) is 33.8 Å². The molecule has 1 aromatic carbocycles. The summed E-state index contributed by atoms with van der Waals surface area (Å²) in [5.74, 6) is -2.52.